The molecular weight excluding hydrogens is 410 g/mol. The molecule has 0 aliphatic heterocycles. The average molecular weight is 426 g/mol. The molecule has 146 valence electrons. The Morgan fingerprint density at radius 3 is 2.59 bits per heavy atom. The third kappa shape index (κ3) is 3.05. The molecule has 0 unspecified atom stereocenters. The molecule has 2 aromatic carbocycles. The van der Waals surface area contributed by atoms with Gasteiger partial charge in [-0.15, -0.1) is 23.4 Å². The molecule has 2 aliphatic carbocycles. The van der Waals surface area contributed by atoms with Crippen molar-refractivity contribution in [2.24, 2.45) is 0 Å². The van der Waals surface area contributed by atoms with E-state index < -0.39 is 4.92 Å². The molecule has 5 rings (SSSR count). The number of halogens is 1. The summed E-state index contributed by atoms with van der Waals surface area (Å²) in [5.74, 6) is 0.127. The second-order valence-electron chi connectivity index (χ2n) is 7.30. The van der Waals surface area contributed by atoms with Crippen molar-refractivity contribution in [2.75, 3.05) is 0 Å². The van der Waals surface area contributed by atoms with Crippen molar-refractivity contribution < 1.29 is 9.72 Å². The summed E-state index contributed by atoms with van der Waals surface area (Å²) in [5.41, 5.74) is 2.68. The fourth-order valence-corrected chi connectivity index (χ4v) is 6.41. The van der Waals surface area contributed by atoms with Crippen molar-refractivity contribution in [2.45, 2.75) is 33.8 Å². The van der Waals surface area contributed by atoms with Crippen LogP contribution in [-0.4, -0.2) is 31.2 Å². The topological polar surface area (TPSA) is 78.0 Å². The van der Waals surface area contributed by atoms with Gasteiger partial charge in [0, 0.05) is 51.3 Å². The summed E-state index contributed by atoms with van der Waals surface area (Å²) in [6, 6.07) is 15.7. The molecule has 1 heterocycles. The van der Waals surface area contributed by atoms with Crippen LogP contribution in [0.5, 0.6) is 0 Å². The summed E-state index contributed by atoms with van der Waals surface area (Å²) in [4.78, 5) is 24.2. The third-order valence-corrected chi connectivity index (χ3v) is 7.54. The van der Waals surface area contributed by atoms with E-state index in [1.165, 1.54) is 16.8 Å². The van der Waals surface area contributed by atoms with Crippen molar-refractivity contribution >= 4 is 35.0 Å². The van der Waals surface area contributed by atoms with Crippen molar-refractivity contribution in [3.05, 3.63) is 87.7 Å². The zero-order valence-corrected chi connectivity index (χ0v) is 16.7. The van der Waals surface area contributed by atoms with Gasteiger partial charge in [0.25, 0.3) is 11.6 Å². The molecule has 1 saturated carbocycles. The molecule has 0 radical (unpaired) electrons. The highest BCUT2D eigenvalue weighted by Gasteiger charge is 2.53. The highest BCUT2D eigenvalue weighted by atomic mass is 35.5. The van der Waals surface area contributed by atoms with Gasteiger partial charge in [0.15, 0.2) is 0 Å². The predicted molar refractivity (Wildman–Crippen MR) is 111 cm³/mol. The molecular formula is C21H16ClN3O3S. The lowest BCUT2D eigenvalue weighted by Gasteiger charge is -2.17. The van der Waals surface area contributed by atoms with Gasteiger partial charge < -0.3 is 0 Å². The van der Waals surface area contributed by atoms with Crippen LogP contribution in [0, 0.1) is 10.1 Å². The highest BCUT2D eigenvalue weighted by Crippen LogP contribution is 2.60. The minimum absolute atomic E-state index is 0.00692. The maximum atomic E-state index is 12.7. The predicted octanol–water partition coefficient (Wildman–Crippen LogP) is 4.83. The number of hydrogen-bond acceptors (Lipinski definition) is 5. The first-order valence-electron chi connectivity index (χ1n) is 9.27. The van der Waals surface area contributed by atoms with E-state index in [0.717, 1.165) is 22.6 Å². The second kappa shape index (κ2) is 7.00. The number of hydrogen-bond donors (Lipinski definition) is 0. The first-order valence-corrected chi connectivity index (χ1v) is 10.6. The number of fused-ring (bicyclic) bond motifs is 5. The lowest BCUT2D eigenvalue weighted by atomic mass is 9.98. The quantitative estimate of drug-likeness (QED) is 0.340. The van der Waals surface area contributed by atoms with Crippen molar-refractivity contribution in [3.8, 4) is 0 Å². The Morgan fingerprint density at radius 1 is 1.17 bits per heavy atom. The highest BCUT2D eigenvalue weighted by molar-refractivity contribution is 8.00. The Kier molecular flexibility index (Phi) is 4.44. The molecule has 8 heteroatoms. The standard InChI is InChI=1S/C21H16ClN3O3S/c22-17-10-15-19-16(11-24(23-19)21(26)12-4-2-1-3-5-12)18(17)20(15)29-14-8-6-13(7-9-14)25(27)28/h1-9,11,15,17-18,20H,10H2/t15-,17+,18-,20-/m0/s1. The maximum absolute atomic E-state index is 12.7. The van der Waals surface area contributed by atoms with Crippen LogP contribution < -0.4 is 0 Å². The fourth-order valence-electron chi connectivity index (χ4n) is 4.34. The minimum Gasteiger partial charge on any atom is -0.267 e. The van der Waals surface area contributed by atoms with Crippen LogP contribution in [0.2, 0.25) is 0 Å². The number of rotatable bonds is 4. The van der Waals surface area contributed by atoms with E-state index in [9.17, 15) is 14.9 Å². The molecule has 0 N–H and O–H groups in total. The minimum atomic E-state index is -0.398. The first kappa shape index (κ1) is 18.4. The maximum Gasteiger partial charge on any atom is 0.278 e. The van der Waals surface area contributed by atoms with Crippen LogP contribution in [-0.2, 0) is 0 Å². The van der Waals surface area contributed by atoms with Crippen molar-refractivity contribution in [1.82, 2.24) is 9.78 Å². The lowest BCUT2D eigenvalue weighted by Crippen LogP contribution is -2.15. The van der Waals surface area contributed by atoms with E-state index in [1.807, 2.05) is 24.4 Å². The number of alkyl halides is 1. The van der Waals surface area contributed by atoms with Crippen LogP contribution in [0.15, 0.2) is 65.7 Å². The summed E-state index contributed by atoms with van der Waals surface area (Å²) < 4.78 is 1.43. The van der Waals surface area contributed by atoms with Gasteiger partial charge in [-0.3, -0.25) is 14.9 Å². The van der Waals surface area contributed by atoms with E-state index in [2.05, 4.69) is 5.10 Å². The number of nitrogens with zero attached hydrogens (tertiary/aromatic N) is 3. The molecule has 0 amide bonds. The molecule has 6 nitrogen and oxygen atoms in total. The number of carbonyl (C=O) groups excluding carboxylic acids is 1. The number of nitro benzene ring substituents is 1. The Bertz CT molecular complexity index is 1100. The number of carbonyl (C=O) groups is 1. The van der Waals surface area contributed by atoms with Crippen LogP contribution in [0.3, 0.4) is 0 Å². The Morgan fingerprint density at radius 2 is 1.90 bits per heavy atom. The summed E-state index contributed by atoms with van der Waals surface area (Å²) in [6.07, 6.45) is 2.65. The molecule has 2 bridgehead atoms. The second-order valence-corrected chi connectivity index (χ2v) is 9.11. The van der Waals surface area contributed by atoms with Gasteiger partial charge in [-0.05, 0) is 36.2 Å². The Balaban J connectivity index is 1.40. The largest absolute Gasteiger partial charge is 0.278 e. The number of aromatic nitrogens is 2. The first-order chi connectivity index (χ1) is 14.0. The number of benzene rings is 2. The van der Waals surface area contributed by atoms with Gasteiger partial charge in [0.2, 0.25) is 0 Å². The normalized spacial score (nSPS) is 24.4. The number of non-ortho nitro benzene ring substituents is 1. The summed E-state index contributed by atoms with van der Waals surface area (Å²) in [7, 11) is 0. The molecule has 1 fully saturated rings. The third-order valence-electron chi connectivity index (χ3n) is 5.65. The van der Waals surface area contributed by atoms with Gasteiger partial charge in [0.05, 0.1) is 10.6 Å². The summed E-state index contributed by atoms with van der Waals surface area (Å²) >= 11 is 8.33. The van der Waals surface area contributed by atoms with Crippen LogP contribution in [0.1, 0.15) is 39.9 Å². The zero-order chi connectivity index (χ0) is 20.1. The van der Waals surface area contributed by atoms with Gasteiger partial charge >= 0.3 is 0 Å². The van der Waals surface area contributed by atoms with Gasteiger partial charge in [-0.25, -0.2) is 4.68 Å². The van der Waals surface area contributed by atoms with E-state index in [4.69, 9.17) is 11.6 Å². The smallest absolute Gasteiger partial charge is 0.267 e. The van der Waals surface area contributed by atoms with Gasteiger partial charge in [-0.2, -0.15) is 5.10 Å². The number of thioether (sulfide) groups is 1. The molecule has 1 aromatic heterocycles. The average Bonchev–Trinajstić information content (AvgIpc) is 3.37. The fraction of sp³-hybridized carbons (Fsp3) is 0.238. The van der Waals surface area contributed by atoms with E-state index >= 15 is 0 Å². The van der Waals surface area contributed by atoms with Crippen LogP contribution in [0.25, 0.3) is 0 Å². The molecule has 0 spiro atoms. The van der Waals surface area contributed by atoms with Gasteiger partial charge in [0.1, 0.15) is 0 Å². The molecule has 2 aliphatic rings. The molecule has 3 aromatic rings. The summed E-state index contributed by atoms with van der Waals surface area (Å²) in [6.45, 7) is 0. The summed E-state index contributed by atoms with van der Waals surface area (Å²) in [5, 5.41) is 15.7. The Hall–Kier alpha value is -2.64. The lowest BCUT2D eigenvalue weighted by molar-refractivity contribution is -0.384. The molecule has 0 saturated heterocycles. The van der Waals surface area contributed by atoms with E-state index in [1.54, 1.807) is 36.0 Å². The SMILES string of the molecule is O=C(c1ccccc1)n1cc2c(n1)[C@@H]1C[C@@H](Cl)[C@H]2[C@H]1Sc1ccc([N+](=O)[O-])cc1. The van der Waals surface area contributed by atoms with Crippen LogP contribution in [0.4, 0.5) is 5.69 Å². The molecule has 4 atom stereocenters. The van der Waals surface area contributed by atoms with Crippen molar-refractivity contribution in [1.29, 1.82) is 0 Å². The number of nitro groups is 1. The monoisotopic (exact) mass is 425 g/mol. The Labute approximate surface area is 176 Å². The molecule has 29 heavy (non-hydrogen) atoms. The van der Waals surface area contributed by atoms with Crippen molar-refractivity contribution in [3.63, 3.8) is 0 Å². The van der Waals surface area contributed by atoms with E-state index in [-0.39, 0.29) is 34.1 Å². The van der Waals surface area contributed by atoms with Gasteiger partial charge in [-0.1, -0.05) is 18.2 Å². The zero-order valence-electron chi connectivity index (χ0n) is 15.1. The van der Waals surface area contributed by atoms with Crippen LogP contribution >= 0.6 is 23.4 Å². The van der Waals surface area contributed by atoms with E-state index in [0.29, 0.717) is 5.56 Å².